The second-order valence-corrected chi connectivity index (χ2v) is 6.50. The van der Waals surface area contributed by atoms with Gasteiger partial charge in [0.25, 0.3) is 0 Å². The van der Waals surface area contributed by atoms with Crippen molar-refractivity contribution in [2.75, 3.05) is 11.4 Å². The van der Waals surface area contributed by atoms with Gasteiger partial charge in [-0.15, -0.1) is 11.3 Å². The fraction of sp³-hybridized carbons (Fsp3) is 0.786. The molecular formula is C14H23N3S. The molecular weight excluding hydrogens is 242 g/mol. The summed E-state index contributed by atoms with van der Waals surface area (Å²) in [6, 6.07) is 1.43. The zero-order chi connectivity index (χ0) is 12.4. The first-order valence-corrected chi connectivity index (χ1v) is 8.15. The minimum atomic E-state index is 0.655. The van der Waals surface area contributed by atoms with Crippen molar-refractivity contribution in [3.05, 3.63) is 11.1 Å². The number of hydrogen-bond acceptors (Lipinski definition) is 4. The van der Waals surface area contributed by atoms with Gasteiger partial charge in [-0.25, -0.2) is 4.98 Å². The van der Waals surface area contributed by atoms with Crippen LogP contribution in [-0.4, -0.2) is 23.6 Å². The number of aromatic nitrogens is 1. The van der Waals surface area contributed by atoms with Crippen molar-refractivity contribution >= 4 is 16.5 Å². The molecule has 2 heterocycles. The third-order valence-corrected chi connectivity index (χ3v) is 4.91. The topological polar surface area (TPSA) is 28.2 Å². The minimum absolute atomic E-state index is 0.655. The van der Waals surface area contributed by atoms with E-state index in [1.165, 1.54) is 55.9 Å². The molecule has 1 atom stereocenters. The van der Waals surface area contributed by atoms with Crippen LogP contribution in [0.3, 0.4) is 0 Å². The van der Waals surface area contributed by atoms with E-state index in [2.05, 4.69) is 22.5 Å². The maximum absolute atomic E-state index is 4.81. The molecule has 0 radical (unpaired) electrons. The second-order valence-electron chi connectivity index (χ2n) is 5.67. The Hall–Kier alpha value is -0.610. The van der Waals surface area contributed by atoms with Gasteiger partial charge in [-0.1, -0.05) is 12.8 Å². The van der Waals surface area contributed by atoms with Crippen LogP contribution in [0.1, 0.15) is 51.1 Å². The van der Waals surface area contributed by atoms with Crippen LogP contribution >= 0.6 is 11.3 Å². The molecule has 100 valence electrons. The summed E-state index contributed by atoms with van der Waals surface area (Å²) >= 11 is 1.82. The van der Waals surface area contributed by atoms with E-state index in [1.807, 2.05) is 11.3 Å². The van der Waals surface area contributed by atoms with E-state index in [-0.39, 0.29) is 0 Å². The highest BCUT2D eigenvalue weighted by molar-refractivity contribution is 7.13. The second kappa shape index (κ2) is 5.57. The Kier molecular flexibility index (Phi) is 3.85. The van der Waals surface area contributed by atoms with E-state index >= 15 is 0 Å². The largest absolute Gasteiger partial charge is 0.345 e. The lowest BCUT2D eigenvalue weighted by atomic mass is 10.1. The Morgan fingerprint density at radius 2 is 2.22 bits per heavy atom. The number of nitrogens with zero attached hydrogens (tertiary/aromatic N) is 2. The van der Waals surface area contributed by atoms with Crippen molar-refractivity contribution in [1.29, 1.82) is 0 Å². The van der Waals surface area contributed by atoms with Gasteiger partial charge in [-0.3, -0.25) is 0 Å². The van der Waals surface area contributed by atoms with Gasteiger partial charge in [0.15, 0.2) is 5.13 Å². The maximum Gasteiger partial charge on any atom is 0.185 e. The highest BCUT2D eigenvalue weighted by Gasteiger charge is 2.22. The number of anilines is 1. The van der Waals surface area contributed by atoms with Gasteiger partial charge in [-0.05, 0) is 32.6 Å². The van der Waals surface area contributed by atoms with Crippen molar-refractivity contribution in [2.24, 2.45) is 0 Å². The lowest BCUT2D eigenvalue weighted by molar-refractivity contribution is 0.613. The highest BCUT2D eigenvalue weighted by atomic mass is 32.1. The van der Waals surface area contributed by atoms with Crippen LogP contribution in [0.5, 0.6) is 0 Å². The summed E-state index contributed by atoms with van der Waals surface area (Å²) in [6.45, 7) is 4.47. The molecule has 18 heavy (non-hydrogen) atoms. The Balaban J connectivity index is 1.62. The molecule has 0 bridgehead atoms. The summed E-state index contributed by atoms with van der Waals surface area (Å²) in [5.41, 5.74) is 1.22. The summed E-state index contributed by atoms with van der Waals surface area (Å²) in [6.07, 6.45) is 8.08. The van der Waals surface area contributed by atoms with Crippen molar-refractivity contribution < 1.29 is 0 Å². The van der Waals surface area contributed by atoms with Crippen LogP contribution in [0, 0.1) is 0 Å². The van der Waals surface area contributed by atoms with Crippen molar-refractivity contribution in [1.82, 2.24) is 10.3 Å². The van der Waals surface area contributed by atoms with Crippen LogP contribution < -0.4 is 10.2 Å². The van der Waals surface area contributed by atoms with Crippen LogP contribution in [-0.2, 0) is 6.54 Å². The zero-order valence-electron chi connectivity index (χ0n) is 11.2. The summed E-state index contributed by atoms with van der Waals surface area (Å²) in [7, 11) is 0. The number of nitrogens with one attached hydrogen (secondary N) is 1. The van der Waals surface area contributed by atoms with E-state index in [1.54, 1.807) is 0 Å². The van der Waals surface area contributed by atoms with Gasteiger partial charge < -0.3 is 10.2 Å². The fourth-order valence-electron chi connectivity index (χ4n) is 2.60. The Bertz CT molecular complexity index is 386. The summed E-state index contributed by atoms with van der Waals surface area (Å²) < 4.78 is 0. The predicted molar refractivity (Wildman–Crippen MR) is 77.3 cm³/mol. The molecule has 0 amide bonds. The molecule has 1 N–H and O–H groups in total. The molecule has 1 aliphatic heterocycles. The minimum Gasteiger partial charge on any atom is -0.345 e. The molecule has 4 heteroatoms. The van der Waals surface area contributed by atoms with Crippen LogP contribution in [0.15, 0.2) is 5.38 Å². The van der Waals surface area contributed by atoms with Gasteiger partial charge >= 0.3 is 0 Å². The molecule has 1 saturated carbocycles. The monoisotopic (exact) mass is 265 g/mol. The quantitative estimate of drug-likeness (QED) is 0.906. The van der Waals surface area contributed by atoms with Gasteiger partial charge in [-0.2, -0.15) is 0 Å². The number of thiazole rings is 1. The first kappa shape index (κ1) is 12.4. The molecule has 1 aliphatic carbocycles. The summed E-state index contributed by atoms with van der Waals surface area (Å²) in [4.78, 5) is 7.32. The van der Waals surface area contributed by atoms with Crippen LogP contribution in [0.4, 0.5) is 5.13 Å². The standard InChI is InChI=1S/C14H23N3S/c1-11-5-3-2-4-8-17(11)14-16-13(10-18-14)9-15-12-6-7-12/h10-12,15H,2-9H2,1H3. The van der Waals surface area contributed by atoms with Gasteiger partial charge in [0.1, 0.15) is 0 Å². The van der Waals surface area contributed by atoms with Gasteiger partial charge in [0, 0.05) is 30.6 Å². The smallest absolute Gasteiger partial charge is 0.185 e. The average Bonchev–Trinajstić information content (AvgIpc) is 3.13. The van der Waals surface area contributed by atoms with E-state index in [9.17, 15) is 0 Å². The molecule has 1 aromatic heterocycles. The highest BCUT2D eigenvalue weighted by Crippen LogP contribution is 2.27. The SMILES string of the molecule is CC1CCCCCN1c1nc(CNC2CC2)cs1. The third-order valence-electron chi connectivity index (χ3n) is 3.99. The first-order valence-electron chi connectivity index (χ1n) is 7.27. The van der Waals surface area contributed by atoms with Crippen molar-refractivity contribution in [3.63, 3.8) is 0 Å². The van der Waals surface area contributed by atoms with Crippen LogP contribution in [0.25, 0.3) is 0 Å². The number of rotatable bonds is 4. The molecule has 3 nitrogen and oxygen atoms in total. The first-order chi connectivity index (χ1) is 8.83. The molecule has 0 spiro atoms. The molecule has 3 rings (SSSR count). The van der Waals surface area contributed by atoms with E-state index in [0.717, 1.165) is 12.6 Å². The molecule has 1 unspecified atom stereocenters. The molecule has 2 aliphatic rings. The lowest BCUT2D eigenvalue weighted by Gasteiger charge is -2.26. The third kappa shape index (κ3) is 3.04. The summed E-state index contributed by atoms with van der Waals surface area (Å²) in [5.74, 6) is 0. The molecule has 2 fully saturated rings. The van der Waals surface area contributed by atoms with Crippen LogP contribution in [0.2, 0.25) is 0 Å². The van der Waals surface area contributed by atoms with Gasteiger partial charge in [0.2, 0.25) is 0 Å². The van der Waals surface area contributed by atoms with Gasteiger partial charge in [0.05, 0.1) is 5.69 Å². The molecule has 0 aromatic carbocycles. The van der Waals surface area contributed by atoms with E-state index in [4.69, 9.17) is 4.98 Å². The lowest BCUT2D eigenvalue weighted by Crippen LogP contribution is -2.32. The zero-order valence-corrected chi connectivity index (χ0v) is 12.0. The average molecular weight is 265 g/mol. The molecule has 1 saturated heterocycles. The number of hydrogen-bond donors (Lipinski definition) is 1. The summed E-state index contributed by atoms with van der Waals surface area (Å²) in [5, 5.41) is 7.00. The Labute approximate surface area is 114 Å². The predicted octanol–water partition coefficient (Wildman–Crippen LogP) is 3.16. The normalized spacial score (nSPS) is 25.2. The molecule has 1 aromatic rings. The Morgan fingerprint density at radius 1 is 1.33 bits per heavy atom. The van der Waals surface area contributed by atoms with Crippen molar-refractivity contribution in [2.45, 2.75) is 64.1 Å². The fourth-order valence-corrected chi connectivity index (χ4v) is 3.56. The van der Waals surface area contributed by atoms with E-state index < -0.39 is 0 Å². The Morgan fingerprint density at radius 3 is 3.06 bits per heavy atom. The van der Waals surface area contributed by atoms with E-state index in [0.29, 0.717) is 6.04 Å². The maximum atomic E-state index is 4.81. The van der Waals surface area contributed by atoms with Crippen molar-refractivity contribution in [3.8, 4) is 0 Å².